The maximum Gasteiger partial charge on any atom is 0.338 e. The van der Waals surface area contributed by atoms with Crippen LogP contribution >= 0.6 is 24.0 Å². The van der Waals surface area contributed by atoms with Gasteiger partial charge in [-0.15, -0.1) is 24.0 Å². The Bertz CT molecular complexity index is 499. The van der Waals surface area contributed by atoms with Crippen LogP contribution in [0, 0.1) is 0 Å². The van der Waals surface area contributed by atoms with Crippen LogP contribution in [0.15, 0.2) is 29.3 Å². The third-order valence-electron chi connectivity index (χ3n) is 3.15. The van der Waals surface area contributed by atoms with E-state index >= 15 is 0 Å². The van der Waals surface area contributed by atoms with Gasteiger partial charge in [0.25, 0.3) is 0 Å². The summed E-state index contributed by atoms with van der Waals surface area (Å²) in [6, 6.07) is 7.97. The van der Waals surface area contributed by atoms with E-state index in [1.165, 1.54) is 12.8 Å². The zero-order chi connectivity index (χ0) is 15.1. The van der Waals surface area contributed by atoms with Crippen molar-refractivity contribution in [2.45, 2.75) is 39.3 Å². The van der Waals surface area contributed by atoms with Gasteiger partial charge in [0.15, 0.2) is 5.96 Å². The van der Waals surface area contributed by atoms with Crippen LogP contribution in [-0.4, -0.2) is 31.1 Å². The van der Waals surface area contributed by atoms with Crippen LogP contribution in [0.2, 0.25) is 0 Å². The molecular weight excluding hydrogens is 393 g/mol. The van der Waals surface area contributed by atoms with Gasteiger partial charge < -0.3 is 15.4 Å². The summed E-state index contributed by atoms with van der Waals surface area (Å²) in [4.78, 5) is 16.1. The Morgan fingerprint density at radius 3 is 2.50 bits per heavy atom. The number of esters is 1. The van der Waals surface area contributed by atoms with Crippen LogP contribution in [0.5, 0.6) is 0 Å². The van der Waals surface area contributed by atoms with Gasteiger partial charge in [0.1, 0.15) is 0 Å². The summed E-state index contributed by atoms with van der Waals surface area (Å²) in [5, 5.41) is 6.61. The third-order valence-corrected chi connectivity index (χ3v) is 3.15. The van der Waals surface area contributed by atoms with E-state index in [1.54, 1.807) is 19.1 Å². The molecule has 5 nitrogen and oxygen atoms in total. The van der Waals surface area contributed by atoms with Gasteiger partial charge in [0.05, 0.1) is 18.7 Å². The highest BCUT2D eigenvalue weighted by atomic mass is 127. The molecule has 0 saturated heterocycles. The average molecular weight is 417 g/mol. The molecule has 1 saturated carbocycles. The number of hydrogen-bond donors (Lipinski definition) is 2. The van der Waals surface area contributed by atoms with Gasteiger partial charge in [-0.25, -0.2) is 9.79 Å². The summed E-state index contributed by atoms with van der Waals surface area (Å²) < 4.78 is 4.96. The Kier molecular flexibility index (Phi) is 8.22. The lowest BCUT2D eigenvalue weighted by Crippen LogP contribution is -2.38. The summed E-state index contributed by atoms with van der Waals surface area (Å²) >= 11 is 0. The number of nitrogens with zero attached hydrogens (tertiary/aromatic N) is 1. The first kappa shape index (κ1) is 18.7. The molecule has 0 aromatic heterocycles. The molecule has 1 aliphatic carbocycles. The van der Waals surface area contributed by atoms with Gasteiger partial charge in [0, 0.05) is 12.6 Å². The van der Waals surface area contributed by atoms with Crippen molar-refractivity contribution >= 4 is 35.9 Å². The lowest BCUT2D eigenvalue weighted by atomic mass is 10.1. The SMILES string of the molecule is CCNC(=NCc1ccc(C(=O)OCC)cc1)NC1CC1.I. The molecule has 2 N–H and O–H groups in total. The number of ether oxygens (including phenoxy) is 1. The summed E-state index contributed by atoms with van der Waals surface area (Å²) in [7, 11) is 0. The van der Waals surface area contributed by atoms with Gasteiger partial charge in [-0.3, -0.25) is 0 Å². The van der Waals surface area contributed by atoms with E-state index in [1.807, 2.05) is 12.1 Å². The molecule has 0 amide bonds. The topological polar surface area (TPSA) is 62.7 Å². The zero-order valence-corrected chi connectivity index (χ0v) is 15.4. The maximum atomic E-state index is 11.6. The summed E-state index contributed by atoms with van der Waals surface area (Å²) in [6.45, 7) is 5.68. The Morgan fingerprint density at radius 1 is 1.27 bits per heavy atom. The van der Waals surface area contributed by atoms with Crippen molar-refractivity contribution in [1.29, 1.82) is 0 Å². The second kappa shape index (κ2) is 9.66. The predicted octanol–water partition coefficient (Wildman–Crippen LogP) is 2.70. The van der Waals surface area contributed by atoms with E-state index < -0.39 is 0 Å². The fraction of sp³-hybridized carbons (Fsp3) is 0.500. The Labute approximate surface area is 148 Å². The Hall–Kier alpha value is -1.31. The molecular formula is C16H24IN3O2. The Balaban J connectivity index is 0.00000242. The molecule has 1 aromatic carbocycles. The molecule has 122 valence electrons. The van der Waals surface area contributed by atoms with Crippen molar-refractivity contribution in [3.05, 3.63) is 35.4 Å². The van der Waals surface area contributed by atoms with Gasteiger partial charge in [-0.2, -0.15) is 0 Å². The number of rotatable bonds is 6. The van der Waals surface area contributed by atoms with E-state index in [0.29, 0.717) is 24.8 Å². The maximum absolute atomic E-state index is 11.6. The fourth-order valence-corrected chi connectivity index (χ4v) is 1.87. The van der Waals surface area contributed by atoms with E-state index in [-0.39, 0.29) is 29.9 Å². The van der Waals surface area contributed by atoms with E-state index in [9.17, 15) is 4.79 Å². The molecule has 0 unspecified atom stereocenters. The lowest BCUT2D eigenvalue weighted by molar-refractivity contribution is 0.0526. The Morgan fingerprint density at radius 2 is 1.95 bits per heavy atom. The normalized spacial score (nSPS) is 14.0. The second-order valence-corrected chi connectivity index (χ2v) is 5.03. The van der Waals surface area contributed by atoms with Crippen LogP contribution in [0.3, 0.4) is 0 Å². The molecule has 6 heteroatoms. The fourth-order valence-electron chi connectivity index (χ4n) is 1.87. The van der Waals surface area contributed by atoms with E-state index in [4.69, 9.17) is 4.74 Å². The van der Waals surface area contributed by atoms with Crippen molar-refractivity contribution < 1.29 is 9.53 Å². The highest BCUT2D eigenvalue weighted by molar-refractivity contribution is 14.0. The first-order chi connectivity index (χ1) is 10.2. The second-order valence-electron chi connectivity index (χ2n) is 5.03. The molecule has 0 radical (unpaired) electrons. The molecule has 1 aliphatic rings. The summed E-state index contributed by atoms with van der Waals surface area (Å²) in [5.74, 6) is 0.575. The highest BCUT2D eigenvalue weighted by Gasteiger charge is 2.21. The number of hydrogen-bond acceptors (Lipinski definition) is 3. The van der Waals surface area contributed by atoms with Crippen LogP contribution in [0.4, 0.5) is 0 Å². The molecule has 0 atom stereocenters. The minimum Gasteiger partial charge on any atom is -0.462 e. The number of guanidine groups is 1. The van der Waals surface area contributed by atoms with E-state index in [0.717, 1.165) is 18.1 Å². The van der Waals surface area contributed by atoms with Crippen molar-refractivity contribution in [3.63, 3.8) is 0 Å². The first-order valence-electron chi connectivity index (χ1n) is 7.53. The molecule has 0 heterocycles. The van der Waals surface area contributed by atoms with Crippen LogP contribution in [0.25, 0.3) is 0 Å². The third kappa shape index (κ3) is 6.21. The van der Waals surface area contributed by atoms with Crippen molar-refractivity contribution in [2.75, 3.05) is 13.2 Å². The number of carbonyl (C=O) groups excluding carboxylic acids is 1. The average Bonchev–Trinajstić information content (AvgIpc) is 3.30. The van der Waals surface area contributed by atoms with Crippen LogP contribution in [0.1, 0.15) is 42.6 Å². The number of carbonyl (C=O) groups is 1. The number of aliphatic imine (C=N–C) groups is 1. The van der Waals surface area contributed by atoms with Crippen molar-refractivity contribution in [2.24, 2.45) is 4.99 Å². The lowest BCUT2D eigenvalue weighted by Gasteiger charge is -2.10. The number of halogens is 1. The quantitative estimate of drug-likeness (QED) is 0.324. The van der Waals surface area contributed by atoms with Gasteiger partial charge in [-0.1, -0.05) is 12.1 Å². The first-order valence-corrected chi connectivity index (χ1v) is 7.53. The molecule has 1 fully saturated rings. The van der Waals surface area contributed by atoms with Gasteiger partial charge >= 0.3 is 5.97 Å². The number of benzene rings is 1. The largest absolute Gasteiger partial charge is 0.462 e. The monoisotopic (exact) mass is 417 g/mol. The predicted molar refractivity (Wildman–Crippen MR) is 98.8 cm³/mol. The molecule has 0 spiro atoms. The summed E-state index contributed by atoms with van der Waals surface area (Å²) in [6.07, 6.45) is 2.44. The minimum atomic E-state index is -0.281. The van der Waals surface area contributed by atoms with Crippen molar-refractivity contribution in [1.82, 2.24) is 10.6 Å². The van der Waals surface area contributed by atoms with E-state index in [2.05, 4.69) is 22.5 Å². The molecule has 0 aliphatic heterocycles. The van der Waals surface area contributed by atoms with Gasteiger partial charge in [0.2, 0.25) is 0 Å². The standard InChI is InChI=1S/C16H23N3O2.HI/c1-3-17-16(19-14-9-10-14)18-11-12-5-7-13(8-6-12)15(20)21-4-2;/h5-8,14H,3-4,9-11H2,1-2H3,(H2,17,18,19);1H. The molecule has 22 heavy (non-hydrogen) atoms. The molecule has 0 bridgehead atoms. The zero-order valence-electron chi connectivity index (χ0n) is 13.1. The van der Waals surface area contributed by atoms with Crippen LogP contribution in [-0.2, 0) is 11.3 Å². The van der Waals surface area contributed by atoms with Gasteiger partial charge in [-0.05, 0) is 44.4 Å². The molecule has 1 aromatic rings. The smallest absolute Gasteiger partial charge is 0.338 e. The minimum absolute atomic E-state index is 0. The van der Waals surface area contributed by atoms with Crippen molar-refractivity contribution in [3.8, 4) is 0 Å². The summed E-state index contributed by atoms with van der Waals surface area (Å²) in [5.41, 5.74) is 1.64. The highest BCUT2D eigenvalue weighted by Crippen LogP contribution is 2.18. The molecule has 2 rings (SSSR count). The van der Waals surface area contributed by atoms with Crippen LogP contribution < -0.4 is 10.6 Å². The number of nitrogens with one attached hydrogen (secondary N) is 2.